The Morgan fingerprint density at radius 3 is 2.60 bits per heavy atom. The normalized spacial score (nSPS) is 10.4. The van der Waals surface area contributed by atoms with Crippen molar-refractivity contribution in [1.29, 1.82) is 0 Å². The molecule has 104 valence electrons. The third-order valence-electron chi connectivity index (χ3n) is 2.94. The zero-order valence-electron chi connectivity index (χ0n) is 10.8. The van der Waals surface area contributed by atoms with Gasteiger partial charge in [0.05, 0.1) is 17.7 Å². The van der Waals surface area contributed by atoms with Gasteiger partial charge in [-0.05, 0) is 58.7 Å². The lowest BCUT2D eigenvalue weighted by Crippen LogP contribution is -2.05. The van der Waals surface area contributed by atoms with Gasteiger partial charge in [0.25, 0.3) is 0 Å². The number of ketones is 1. The minimum Gasteiger partial charge on any atom is -0.496 e. The molecule has 0 atom stereocenters. The highest BCUT2D eigenvalue weighted by molar-refractivity contribution is 9.10. The van der Waals surface area contributed by atoms with E-state index in [0.717, 1.165) is 5.56 Å². The lowest BCUT2D eigenvalue weighted by atomic mass is 10.0. The van der Waals surface area contributed by atoms with E-state index in [1.54, 1.807) is 31.4 Å². The Kier molecular flexibility index (Phi) is 4.45. The van der Waals surface area contributed by atoms with Gasteiger partial charge in [0.2, 0.25) is 0 Å². The first-order valence-corrected chi connectivity index (χ1v) is 6.95. The monoisotopic (exact) mass is 356 g/mol. The molecule has 5 heteroatoms. The van der Waals surface area contributed by atoms with Crippen LogP contribution in [0.5, 0.6) is 5.75 Å². The first-order valence-electron chi connectivity index (χ1n) is 5.78. The van der Waals surface area contributed by atoms with Crippen molar-refractivity contribution in [3.8, 4) is 5.75 Å². The second-order valence-corrected chi connectivity index (χ2v) is 5.47. The molecule has 0 heterocycles. The number of benzene rings is 2. The van der Waals surface area contributed by atoms with Crippen molar-refractivity contribution in [3.63, 3.8) is 0 Å². The highest BCUT2D eigenvalue weighted by Crippen LogP contribution is 2.29. The smallest absolute Gasteiger partial charge is 0.196 e. The van der Waals surface area contributed by atoms with Gasteiger partial charge in [-0.1, -0.05) is 11.6 Å². The van der Waals surface area contributed by atoms with Crippen molar-refractivity contribution in [2.45, 2.75) is 6.92 Å². The molecule has 0 N–H and O–H groups in total. The Hall–Kier alpha value is -1.39. The topological polar surface area (TPSA) is 26.3 Å². The Labute approximate surface area is 129 Å². The number of hydrogen-bond donors (Lipinski definition) is 0. The molecule has 0 saturated heterocycles. The second-order valence-electron chi connectivity index (χ2n) is 4.24. The molecule has 2 nitrogen and oxygen atoms in total. The summed E-state index contributed by atoms with van der Waals surface area (Å²) in [7, 11) is 1.55. The van der Waals surface area contributed by atoms with Gasteiger partial charge in [-0.25, -0.2) is 4.39 Å². The molecule has 0 aliphatic heterocycles. The molecule has 0 spiro atoms. The average molecular weight is 358 g/mol. The van der Waals surface area contributed by atoms with Crippen LogP contribution < -0.4 is 4.74 Å². The van der Waals surface area contributed by atoms with E-state index in [4.69, 9.17) is 16.3 Å². The fraction of sp³-hybridized carbons (Fsp3) is 0.133. The van der Waals surface area contributed by atoms with Crippen LogP contribution in [0.2, 0.25) is 5.02 Å². The van der Waals surface area contributed by atoms with E-state index in [1.165, 1.54) is 6.07 Å². The largest absolute Gasteiger partial charge is 0.496 e. The lowest BCUT2D eigenvalue weighted by molar-refractivity contribution is 0.103. The highest BCUT2D eigenvalue weighted by Gasteiger charge is 2.18. The number of halogens is 3. The van der Waals surface area contributed by atoms with E-state index in [9.17, 15) is 9.18 Å². The molecule has 0 fully saturated rings. The van der Waals surface area contributed by atoms with Gasteiger partial charge in [0, 0.05) is 10.0 Å². The number of rotatable bonds is 3. The van der Waals surface area contributed by atoms with E-state index in [-0.39, 0.29) is 10.6 Å². The molecule has 2 aromatic rings. The summed E-state index contributed by atoms with van der Waals surface area (Å²) in [6, 6.07) is 7.91. The number of carbonyl (C=O) groups excluding carboxylic acids is 1. The van der Waals surface area contributed by atoms with E-state index < -0.39 is 11.6 Å². The quantitative estimate of drug-likeness (QED) is 0.583. The number of ether oxygens (including phenoxy) is 1. The van der Waals surface area contributed by atoms with Crippen molar-refractivity contribution >= 4 is 33.3 Å². The van der Waals surface area contributed by atoms with Crippen molar-refractivity contribution in [1.82, 2.24) is 0 Å². The van der Waals surface area contributed by atoms with E-state index in [1.807, 2.05) is 6.92 Å². The van der Waals surface area contributed by atoms with Gasteiger partial charge in [-0.2, -0.15) is 0 Å². The van der Waals surface area contributed by atoms with Crippen molar-refractivity contribution in [2.24, 2.45) is 0 Å². The molecular weight excluding hydrogens is 347 g/mol. The van der Waals surface area contributed by atoms with Gasteiger partial charge < -0.3 is 4.74 Å². The van der Waals surface area contributed by atoms with E-state index in [0.29, 0.717) is 15.8 Å². The van der Waals surface area contributed by atoms with Crippen LogP contribution in [0.15, 0.2) is 34.8 Å². The van der Waals surface area contributed by atoms with Crippen molar-refractivity contribution in [3.05, 3.63) is 62.3 Å². The summed E-state index contributed by atoms with van der Waals surface area (Å²) in [4.78, 5) is 12.3. The summed E-state index contributed by atoms with van der Waals surface area (Å²) < 4.78 is 19.6. The molecule has 0 aliphatic carbocycles. The van der Waals surface area contributed by atoms with Crippen molar-refractivity contribution < 1.29 is 13.9 Å². The van der Waals surface area contributed by atoms with Crippen LogP contribution in [-0.2, 0) is 0 Å². The van der Waals surface area contributed by atoms with Gasteiger partial charge in [-0.15, -0.1) is 0 Å². The van der Waals surface area contributed by atoms with Gasteiger partial charge in [-0.3, -0.25) is 4.79 Å². The third-order valence-corrected chi connectivity index (χ3v) is 4.20. The molecule has 0 saturated carbocycles. The van der Waals surface area contributed by atoms with E-state index in [2.05, 4.69) is 15.9 Å². The molecule has 0 aromatic heterocycles. The standard InChI is InChI=1S/C15H11BrClFO2/c1-8-7-9(3-6-12(8)20-2)15(19)10-4-5-11(16)13(17)14(10)18/h3-7H,1-2H3. The summed E-state index contributed by atoms with van der Waals surface area (Å²) in [5.74, 6) is -0.460. The van der Waals surface area contributed by atoms with Crippen LogP contribution in [0.1, 0.15) is 21.5 Å². The maximum absolute atomic E-state index is 14.0. The minimum atomic E-state index is -0.723. The molecule has 2 rings (SSSR count). The molecule has 20 heavy (non-hydrogen) atoms. The predicted octanol–water partition coefficient (Wildman–Crippen LogP) is 4.79. The van der Waals surface area contributed by atoms with Gasteiger partial charge in [0.15, 0.2) is 11.6 Å². The number of carbonyl (C=O) groups is 1. The Morgan fingerprint density at radius 1 is 1.30 bits per heavy atom. The predicted molar refractivity (Wildman–Crippen MR) is 80.3 cm³/mol. The van der Waals surface area contributed by atoms with Crippen molar-refractivity contribution in [2.75, 3.05) is 7.11 Å². The second kappa shape index (κ2) is 5.94. The molecule has 0 aliphatic rings. The maximum Gasteiger partial charge on any atom is 0.196 e. The molecule has 0 unspecified atom stereocenters. The van der Waals surface area contributed by atoms with E-state index >= 15 is 0 Å². The van der Waals surface area contributed by atoms with Crippen LogP contribution in [-0.4, -0.2) is 12.9 Å². The fourth-order valence-corrected chi connectivity index (χ4v) is 2.35. The van der Waals surface area contributed by atoms with Crippen LogP contribution in [0.25, 0.3) is 0 Å². The van der Waals surface area contributed by atoms with Gasteiger partial charge >= 0.3 is 0 Å². The van der Waals surface area contributed by atoms with Crippen LogP contribution in [0.3, 0.4) is 0 Å². The highest BCUT2D eigenvalue weighted by atomic mass is 79.9. The summed E-state index contributed by atoms with van der Waals surface area (Å²) in [6.45, 7) is 1.82. The lowest BCUT2D eigenvalue weighted by Gasteiger charge is -2.08. The fourth-order valence-electron chi connectivity index (χ4n) is 1.88. The Morgan fingerprint density at radius 2 is 2.00 bits per heavy atom. The SMILES string of the molecule is COc1ccc(C(=O)c2ccc(Br)c(Cl)c2F)cc1C. The summed E-state index contributed by atoms with van der Waals surface area (Å²) in [6.07, 6.45) is 0. The van der Waals surface area contributed by atoms with Crippen LogP contribution in [0.4, 0.5) is 4.39 Å². The molecule has 2 aromatic carbocycles. The number of methoxy groups -OCH3 is 1. The summed E-state index contributed by atoms with van der Waals surface area (Å²) in [5, 5.41) is -0.0962. The molecule has 0 amide bonds. The maximum atomic E-state index is 14.0. The Bertz CT molecular complexity index is 686. The van der Waals surface area contributed by atoms with Crippen LogP contribution >= 0.6 is 27.5 Å². The number of aryl methyl sites for hydroxylation is 1. The number of hydrogen-bond acceptors (Lipinski definition) is 2. The molecular formula is C15H11BrClFO2. The summed E-state index contributed by atoms with van der Waals surface area (Å²) in [5.41, 5.74) is 1.14. The molecule has 0 bridgehead atoms. The first kappa shape index (κ1) is 15.0. The zero-order chi connectivity index (χ0) is 14.9. The van der Waals surface area contributed by atoms with Crippen LogP contribution in [0, 0.1) is 12.7 Å². The summed E-state index contributed by atoms with van der Waals surface area (Å²) >= 11 is 8.92. The Balaban J connectivity index is 2.47. The average Bonchev–Trinajstić information content (AvgIpc) is 2.44. The minimum absolute atomic E-state index is 0.0530. The third kappa shape index (κ3) is 2.72. The first-order chi connectivity index (χ1) is 9.45. The van der Waals surface area contributed by atoms with Gasteiger partial charge in [0.1, 0.15) is 5.75 Å². The zero-order valence-corrected chi connectivity index (χ0v) is 13.2. The molecule has 0 radical (unpaired) electrons.